The van der Waals surface area contributed by atoms with E-state index in [4.69, 9.17) is 0 Å². The fourth-order valence-corrected chi connectivity index (χ4v) is 2.30. The molecule has 0 aliphatic carbocycles. The number of hydrogen-bond donors (Lipinski definition) is 1. The Hall–Kier alpha value is -1.64. The normalized spacial score (nSPS) is 12.7. The van der Waals surface area contributed by atoms with Crippen LogP contribution in [0.4, 0.5) is 0 Å². The summed E-state index contributed by atoms with van der Waals surface area (Å²) in [5, 5.41) is 3.26. The lowest BCUT2D eigenvalue weighted by Crippen LogP contribution is -2.11. The third kappa shape index (κ3) is 3.69. The average Bonchev–Trinajstić information content (AvgIpc) is 2.47. The van der Waals surface area contributed by atoms with Crippen LogP contribution in [-0.4, -0.2) is 26.0 Å². The molecule has 0 amide bonds. The molecule has 2 heteroatoms. The van der Waals surface area contributed by atoms with Crippen LogP contribution in [-0.2, 0) is 6.54 Å². The van der Waals surface area contributed by atoms with E-state index in [1.165, 1.54) is 22.3 Å². The molecule has 2 rings (SSSR count). The standard InChI is InChI=1S/C18H24N2/c1-14(19-2)16-9-11-18(12-10-16)17-7-5-15(6-8-17)13-20(3)4/h5-12,14,19H,13H2,1-4H3. The number of nitrogens with one attached hydrogen (secondary N) is 1. The van der Waals surface area contributed by atoms with E-state index in [-0.39, 0.29) is 0 Å². The van der Waals surface area contributed by atoms with E-state index in [0.29, 0.717) is 6.04 Å². The van der Waals surface area contributed by atoms with E-state index < -0.39 is 0 Å². The van der Waals surface area contributed by atoms with E-state index in [1.54, 1.807) is 0 Å². The average molecular weight is 268 g/mol. The minimum Gasteiger partial charge on any atom is -0.313 e. The maximum absolute atomic E-state index is 3.26. The summed E-state index contributed by atoms with van der Waals surface area (Å²) in [4.78, 5) is 2.18. The van der Waals surface area contributed by atoms with Crippen LogP contribution in [0.15, 0.2) is 48.5 Å². The van der Waals surface area contributed by atoms with Crippen molar-refractivity contribution in [1.82, 2.24) is 10.2 Å². The van der Waals surface area contributed by atoms with Crippen LogP contribution in [0.25, 0.3) is 11.1 Å². The minimum absolute atomic E-state index is 0.395. The Morgan fingerprint density at radius 1 is 0.900 bits per heavy atom. The third-order valence-corrected chi connectivity index (χ3v) is 3.63. The van der Waals surface area contributed by atoms with Gasteiger partial charge in [-0.05, 0) is 50.3 Å². The second kappa shape index (κ2) is 6.69. The van der Waals surface area contributed by atoms with E-state index >= 15 is 0 Å². The number of hydrogen-bond acceptors (Lipinski definition) is 2. The maximum Gasteiger partial charge on any atom is 0.0289 e. The van der Waals surface area contributed by atoms with Crippen molar-refractivity contribution in [1.29, 1.82) is 0 Å². The van der Waals surface area contributed by atoms with Gasteiger partial charge in [-0.25, -0.2) is 0 Å². The Kier molecular flexibility index (Phi) is 4.94. The van der Waals surface area contributed by atoms with Crippen LogP contribution in [0.1, 0.15) is 24.1 Å². The summed E-state index contributed by atoms with van der Waals surface area (Å²) in [5.74, 6) is 0. The van der Waals surface area contributed by atoms with E-state index in [2.05, 4.69) is 79.8 Å². The van der Waals surface area contributed by atoms with Crippen LogP contribution in [0.2, 0.25) is 0 Å². The van der Waals surface area contributed by atoms with Gasteiger partial charge < -0.3 is 10.2 Å². The van der Waals surface area contributed by atoms with Crippen LogP contribution in [0.3, 0.4) is 0 Å². The van der Waals surface area contributed by atoms with Gasteiger partial charge in [0, 0.05) is 12.6 Å². The molecule has 0 heterocycles. The van der Waals surface area contributed by atoms with E-state index in [9.17, 15) is 0 Å². The molecule has 2 nitrogen and oxygen atoms in total. The number of benzene rings is 2. The largest absolute Gasteiger partial charge is 0.313 e. The zero-order valence-electron chi connectivity index (χ0n) is 12.9. The summed E-state index contributed by atoms with van der Waals surface area (Å²) >= 11 is 0. The van der Waals surface area contributed by atoms with Crippen molar-refractivity contribution in [2.75, 3.05) is 21.1 Å². The molecule has 0 aliphatic rings. The van der Waals surface area contributed by atoms with Gasteiger partial charge in [-0.3, -0.25) is 0 Å². The van der Waals surface area contributed by atoms with Gasteiger partial charge in [-0.2, -0.15) is 0 Å². The maximum atomic E-state index is 3.26. The lowest BCUT2D eigenvalue weighted by molar-refractivity contribution is 0.402. The third-order valence-electron chi connectivity index (χ3n) is 3.63. The van der Waals surface area contributed by atoms with E-state index in [0.717, 1.165) is 6.54 Å². The first-order valence-electron chi connectivity index (χ1n) is 7.11. The van der Waals surface area contributed by atoms with Gasteiger partial charge in [0.15, 0.2) is 0 Å². The van der Waals surface area contributed by atoms with Crippen molar-refractivity contribution in [3.8, 4) is 11.1 Å². The van der Waals surface area contributed by atoms with Crippen LogP contribution in [0, 0.1) is 0 Å². The van der Waals surface area contributed by atoms with Crippen LogP contribution >= 0.6 is 0 Å². The SMILES string of the molecule is CNC(C)c1ccc(-c2ccc(CN(C)C)cc2)cc1. The Morgan fingerprint density at radius 3 is 1.85 bits per heavy atom. The molecule has 106 valence electrons. The highest BCUT2D eigenvalue weighted by molar-refractivity contribution is 5.64. The second-order valence-corrected chi connectivity index (χ2v) is 5.57. The lowest BCUT2D eigenvalue weighted by atomic mass is 10.0. The fourth-order valence-electron chi connectivity index (χ4n) is 2.30. The Morgan fingerprint density at radius 2 is 1.40 bits per heavy atom. The predicted octanol–water partition coefficient (Wildman–Crippen LogP) is 3.70. The zero-order chi connectivity index (χ0) is 14.5. The van der Waals surface area contributed by atoms with Gasteiger partial charge in [-0.15, -0.1) is 0 Å². The predicted molar refractivity (Wildman–Crippen MR) is 86.7 cm³/mol. The van der Waals surface area contributed by atoms with Crippen molar-refractivity contribution in [3.05, 3.63) is 59.7 Å². The Bertz CT molecular complexity index is 526. The van der Waals surface area contributed by atoms with Crippen LogP contribution in [0.5, 0.6) is 0 Å². The monoisotopic (exact) mass is 268 g/mol. The Labute approximate surface area is 122 Å². The summed E-state index contributed by atoms with van der Waals surface area (Å²) in [6, 6.07) is 18.0. The van der Waals surface area contributed by atoms with Gasteiger partial charge in [0.2, 0.25) is 0 Å². The molecule has 2 aromatic rings. The fraction of sp³-hybridized carbons (Fsp3) is 0.333. The lowest BCUT2D eigenvalue weighted by Gasteiger charge is -2.12. The molecule has 0 fully saturated rings. The summed E-state index contributed by atoms with van der Waals surface area (Å²) in [6.45, 7) is 3.16. The molecule has 0 spiro atoms. The highest BCUT2D eigenvalue weighted by atomic mass is 15.0. The minimum atomic E-state index is 0.395. The molecule has 0 saturated heterocycles. The number of nitrogens with zero attached hydrogens (tertiary/aromatic N) is 1. The molecular formula is C18H24N2. The summed E-state index contributed by atoms with van der Waals surface area (Å²) in [5.41, 5.74) is 5.21. The molecule has 1 unspecified atom stereocenters. The van der Waals surface area contributed by atoms with Crippen LogP contribution < -0.4 is 5.32 Å². The smallest absolute Gasteiger partial charge is 0.0289 e. The molecule has 1 N–H and O–H groups in total. The quantitative estimate of drug-likeness (QED) is 0.889. The van der Waals surface area contributed by atoms with Gasteiger partial charge in [0.1, 0.15) is 0 Å². The molecule has 0 radical (unpaired) electrons. The van der Waals surface area contributed by atoms with Crippen molar-refractivity contribution >= 4 is 0 Å². The van der Waals surface area contributed by atoms with Gasteiger partial charge in [0.25, 0.3) is 0 Å². The van der Waals surface area contributed by atoms with Crippen molar-refractivity contribution < 1.29 is 0 Å². The van der Waals surface area contributed by atoms with Crippen molar-refractivity contribution in [3.63, 3.8) is 0 Å². The van der Waals surface area contributed by atoms with Crippen molar-refractivity contribution in [2.45, 2.75) is 19.5 Å². The van der Waals surface area contributed by atoms with E-state index in [1.807, 2.05) is 7.05 Å². The summed E-state index contributed by atoms with van der Waals surface area (Å²) in [7, 11) is 6.17. The topological polar surface area (TPSA) is 15.3 Å². The first kappa shape index (κ1) is 14.8. The first-order chi connectivity index (χ1) is 9.60. The summed E-state index contributed by atoms with van der Waals surface area (Å²) in [6.07, 6.45) is 0. The van der Waals surface area contributed by atoms with Gasteiger partial charge >= 0.3 is 0 Å². The van der Waals surface area contributed by atoms with Gasteiger partial charge in [-0.1, -0.05) is 48.5 Å². The number of rotatable bonds is 5. The molecular weight excluding hydrogens is 244 g/mol. The molecule has 1 atom stereocenters. The molecule has 2 aromatic carbocycles. The Balaban J connectivity index is 2.15. The molecule has 0 saturated carbocycles. The second-order valence-electron chi connectivity index (χ2n) is 5.57. The first-order valence-corrected chi connectivity index (χ1v) is 7.11. The van der Waals surface area contributed by atoms with Crippen molar-refractivity contribution in [2.24, 2.45) is 0 Å². The highest BCUT2D eigenvalue weighted by Gasteiger charge is 2.03. The zero-order valence-corrected chi connectivity index (χ0v) is 12.9. The molecule has 0 bridgehead atoms. The van der Waals surface area contributed by atoms with Gasteiger partial charge in [0.05, 0.1) is 0 Å². The molecule has 0 aromatic heterocycles. The highest BCUT2D eigenvalue weighted by Crippen LogP contribution is 2.22. The molecule has 0 aliphatic heterocycles. The molecule has 20 heavy (non-hydrogen) atoms. The summed E-state index contributed by atoms with van der Waals surface area (Å²) < 4.78 is 0.